The summed E-state index contributed by atoms with van der Waals surface area (Å²) in [4.78, 5) is 24.7. The maximum atomic E-state index is 12.0. The molecule has 0 aliphatic carbocycles. The zero-order chi connectivity index (χ0) is 12.0. The summed E-state index contributed by atoms with van der Waals surface area (Å²) in [5, 5.41) is 3.82. The minimum absolute atomic E-state index is 0.0382. The number of carbonyl (C=O) groups is 2. The standard InChI is InChI=1S/C11H19N3O2/c1-3-7-14(8-4-2)11(16)9-5-6-10(15)13-12-9/h3-8H2,1-2H3,(H,13,15). The first kappa shape index (κ1) is 12.7. The first-order valence-electron chi connectivity index (χ1n) is 5.83. The van der Waals surface area contributed by atoms with Crippen molar-refractivity contribution in [3.05, 3.63) is 0 Å². The molecule has 5 heteroatoms. The van der Waals surface area contributed by atoms with Crippen LogP contribution in [0.3, 0.4) is 0 Å². The molecule has 0 spiro atoms. The van der Waals surface area contributed by atoms with Crippen molar-refractivity contribution in [3.8, 4) is 0 Å². The minimum atomic E-state index is -0.117. The van der Waals surface area contributed by atoms with E-state index in [1.54, 1.807) is 4.90 Å². The average Bonchev–Trinajstić information content (AvgIpc) is 2.29. The van der Waals surface area contributed by atoms with Crippen molar-refractivity contribution in [2.75, 3.05) is 13.1 Å². The van der Waals surface area contributed by atoms with Crippen LogP contribution in [0.5, 0.6) is 0 Å². The van der Waals surface area contributed by atoms with Crippen molar-refractivity contribution in [2.45, 2.75) is 39.5 Å². The van der Waals surface area contributed by atoms with Crippen LogP contribution in [0.25, 0.3) is 0 Å². The van der Waals surface area contributed by atoms with Gasteiger partial charge >= 0.3 is 0 Å². The monoisotopic (exact) mass is 225 g/mol. The quantitative estimate of drug-likeness (QED) is 0.755. The fourth-order valence-electron chi connectivity index (χ4n) is 1.67. The molecule has 0 saturated heterocycles. The smallest absolute Gasteiger partial charge is 0.270 e. The van der Waals surface area contributed by atoms with Gasteiger partial charge in [-0.1, -0.05) is 13.8 Å². The number of nitrogens with zero attached hydrogens (tertiary/aromatic N) is 2. The lowest BCUT2D eigenvalue weighted by atomic mass is 10.1. The maximum absolute atomic E-state index is 12.0. The largest absolute Gasteiger partial charge is 0.338 e. The lowest BCUT2D eigenvalue weighted by molar-refractivity contribution is -0.124. The van der Waals surface area contributed by atoms with Crippen LogP contribution in [0.4, 0.5) is 0 Å². The molecule has 16 heavy (non-hydrogen) atoms. The molecule has 0 bridgehead atoms. The molecule has 1 heterocycles. The molecule has 5 nitrogen and oxygen atoms in total. The van der Waals surface area contributed by atoms with Crippen LogP contribution >= 0.6 is 0 Å². The second kappa shape index (κ2) is 6.25. The molecule has 0 radical (unpaired) electrons. The van der Waals surface area contributed by atoms with Gasteiger partial charge < -0.3 is 4.90 Å². The normalized spacial score (nSPS) is 15.4. The zero-order valence-electron chi connectivity index (χ0n) is 9.95. The Bertz CT molecular complexity index is 294. The van der Waals surface area contributed by atoms with Crippen molar-refractivity contribution < 1.29 is 9.59 Å². The number of hydrazone groups is 1. The summed E-state index contributed by atoms with van der Waals surface area (Å²) in [5.41, 5.74) is 2.83. The highest BCUT2D eigenvalue weighted by molar-refractivity contribution is 6.39. The molecule has 90 valence electrons. The van der Waals surface area contributed by atoms with Gasteiger partial charge in [0.05, 0.1) is 0 Å². The molecule has 0 saturated carbocycles. The van der Waals surface area contributed by atoms with Gasteiger partial charge in [0.2, 0.25) is 5.91 Å². The van der Waals surface area contributed by atoms with Crippen LogP contribution in [0.1, 0.15) is 39.5 Å². The SMILES string of the molecule is CCCN(CCC)C(=O)C1=NNC(=O)CC1. The minimum Gasteiger partial charge on any atom is -0.338 e. The molecule has 0 aromatic carbocycles. The van der Waals surface area contributed by atoms with Gasteiger partial charge in [-0.3, -0.25) is 9.59 Å². The van der Waals surface area contributed by atoms with E-state index in [0.29, 0.717) is 18.6 Å². The average molecular weight is 225 g/mol. The molecule has 0 unspecified atom stereocenters. The van der Waals surface area contributed by atoms with E-state index in [0.717, 1.165) is 25.9 Å². The molecule has 0 atom stereocenters. The first-order valence-corrected chi connectivity index (χ1v) is 5.83. The summed E-state index contributed by atoms with van der Waals surface area (Å²) >= 11 is 0. The Balaban J connectivity index is 2.63. The lowest BCUT2D eigenvalue weighted by Gasteiger charge is -2.23. The second-order valence-electron chi connectivity index (χ2n) is 3.89. The molecule has 0 fully saturated rings. The molecule has 0 aromatic heterocycles. The van der Waals surface area contributed by atoms with Gasteiger partial charge in [-0.2, -0.15) is 5.10 Å². The summed E-state index contributed by atoms with van der Waals surface area (Å²) in [5.74, 6) is -0.155. The number of hydrogen-bond acceptors (Lipinski definition) is 3. The molecule has 1 rings (SSSR count). The summed E-state index contributed by atoms with van der Waals surface area (Å²) in [6.45, 7) is 5.58. The Morgan fingerprint density at radius 3 is 2.38 bits per heavy atom. The van der Waals surface area contributed by atoms with Crippen molar-refractivity contribution >= 4 is 17.5 Å². The molecule has 0 aromatic rings. The Morgan fingerprint density at radius 2 is 1.94 bits per heavy atom. The maximum Gasteiger partial charge on any atom is 0.270 e. The predicted octanol–water partition coefficient (Wildman–Crippen LogP) is 0.901. The van der Waals surface area contributed by atoms with Gasteiger partial charge in [0.25, 0.3) is 5.91 Å². The third-order valence-electron chi connectivity index (χ3n) is 2.43. The molecule has 2 amide bonds. The third kappa shape index (κ3) is 3.32. The van der Waals surface area contributed by atoms with E-state index >= 15 is 0 Å². The van der Waals surface area contributed by atoms with Crippen LogP contribution in [0, 0.1) is 0 Å². The molecular formula is C11H19N3O2. The summed E-state index contributed by atoms with van der Waals surface area (Å²) < 4.78 is 0. The highest BCUT2D eigenvalue weighted by atomic mass is 16.2. The highest BCUT2D eigenvalue weighted by Crippen LogP contribution is 2.05. The second-order valence-corrected chi connectivity index (χ2v) is 3.89. The van der Waals surface area contributed by atoms with Crippen LogP contribution in [-0.2, 0) is 9.59 Å². The number of rotatable bonds is 5. The molecule has 1 aliphatic heterocycles. The Hall–Kier alpha value is -1.39. The van der Waals surface area contributed by atoms with E-state index in [1.165, 1.54) is 0 Å². The van der Waals surface area contributed by atoms with Gasteiger partial charge in [-0.25, -0.2) is 5.43 Å². The van der Waals surface area contributed by atoms with E-state index in [2.05, 4.69) is 10.5 Å². The zero-order valence-corrected chi connectivity index (χ0v) is 9.95. The van der Waals surface area contributed by atoms with E-state index < -0.39 is 0 Å². The van der Waals surface area contributed by atoms with Gasteiger partial charge in [0.1, 0.15) is 5.71 Å². The van der Waals surface area contributed by atoms with Crippen molar-refractivity contribution in [1.29, 1.82) is 0 Å². The van der Waals surface area contributed by atoms with Crippen LogP contribution in [0.2, 0.25) is 0 Å². The number of carbonyl (C=O) groups excluding carboxylic acids is 2. The van der Waals surface area contributed by atoms with Crippen molar-refractivity contribution in [1.82, 2.24) is 10.3 Å². The lowest BCUT2D eigenvalue weighted by Crippen LogP contribution is -2.40. The summed E-state index contributed by atoms with van der Waals surface area (Å²) in [6, 6.07) is 0. The fraction of sp³-hybridized carbons (Fsp3) is 0.727. The Kier molecular flexibility index (Phi) is 4.95. The van der Waals surface area contributed by atoms with E-state index in [4.69, 9.17) is 0 Å². The topological polar surface area (TPSA) is 61.8 Å². The van der Waals surface area contributed by atoms with Gasteiger partial charge in [-0.05, 0) is 12.8 Å². The number of amides is 2. The van der Waals surface area contributed by atoms with E-state index in [9.17, 15) is 9.59 Å². The van der Waals surface area contributed by atoms with Crippen LogP contribution in [-0.4, -0.2) is 35.5 Å². The molecular weight excluding hydrogens is 206 g/mol. The van der Waals surface area contributed by atoms with E-state index in [1.807, 2.05) is 13.8 Å². The van der Waals surface area contributed by atoms with Gasteiger partial charge in [-0.15, -0.1) is 0 Å². The van der Waals surface area contributed by atoms with Gasteiger partial charge in [0.15, 0.2) is 0 Å². The molecule has 1 N–H and O–H groups in total. The summed E-state index contributed by atoms with van der Waals surface area (Å²) in [7, 11) is 0. The molecule has 1 aliphatic rings. The van der Waals surface area contributed by atoms with E-state index in [-0.39, 0.29) is 11.8 Å². The van der Waals surface area contributed by atoms with Crippen molar-refractivity contribution in [2.24, 2.45) is 5.10 Å². The Labute approximate surface area is 95.9 Å². The number of nitrogens with one attached hydrogen (secondary N) is 1. The summed E-state index contributed by atoms with van der Waals surface area (Å²) in [6.07, 6.45) is 2.68. The number of hydrogen-bond donors (Lipinski definition) is 1. The Morgan fingerprint density at radius 1 is 1.31 bits per heavy atom. The predicted molar refractivity (Wildman–Crippen MR) is 62.0 cm³/mol. The van der Waals surface area contributed by atoms with Crippen molar-refractivity contribution in [3.63, 3.8) is 0 Å². The van der Waals surface area contributed by atoms with Crippen LogP contribution in [0.15, 0.2) is 5.10 Å². The fourth-order valence-corrected chi connectivity index (χ4v) is 1.67. The van der Waals surface area contributed by atoms with Gasteiger partial charge in [0, 0.05) is 25.9 Å². The first-order chi connectivity index (χ1) is 7.69. The highest BCUT2D eigenvalue weighted by Gasteiger charge is 2.22. The third-order valence-corrected chi connectivity index (χ3v) is 2.43. The van der Waals surface area contributed by atoms with Crippen LogP contribution < -0.4 is 5.43 Å².